The monoisotopic (exact) mass is 306 g/mol. The van der Waals surface area contributed by atoms with Crippen LogP contribution in [0.2, 0.25) is 0 Å². The van der Waals surface area contributed by atoms with E-state index in [0.29, 0.717) is 18.8 Å². The second-order valence-corrected chi connectivity index (χ2v) is 5.22. The van der Waals surface area contributed by atoms with Crippen LogP contribution in [0.15, 0.2) is 66.7 Å². The smallest absolute Gasteiger partial charge is 0.338 e. The van der Waals surface area contributed by atoms with Crippen molar-refractivity contribution in [2.75, 3.05) is 6.61 Å². The Morgan fingerprint density at radius 3 is 2.39 bits per heavy atom. The highest BCUT2D eigenvalue weighted by atomic mass is 16.5. The molecule has 0 saturated heterocycles. The lowest BCUT2D eigenvalue weighted by Gasteiger charge is -2.08. The second kappa shape index (κ2) is 6.97. The molecule has 0 saturated carbocycles. The molecule has 0 bridgehead atoms. The molecule has 0 amide bonds. The normalized spacial score (nSPS) is 10.5. The minimum Gasteiger partial charge on any atom is -0.489 e. The highest BCUT2D eigenvalue weighted by Gasteiger charge is 2.06. The first kappa shape index (κ1) is 15.1. The average Bonchev–Trinajstić information content (AvgIpc) is 2.60. The summed E-state index contributed by atoms with van der Waals surface area (Å²) in [6.07, 6.45) is 0. The van der Waals surface area contributed by atoms with Crippen molar-refractivity contribution in [1.82, 2.24) is 0 Å². The molecule has 3 aromatic rings. The number of benzene rings is 3. The summed E-state index contributed by atoms with van der Waals surface area (Å²) in [6, 6.07) is 21.5. The van der Waals surface area contributed by atoms with Crippen LogP contribution in [0.3, 0.4) is 0 Å². The van der Waals surface area contributed by atoms with Gasteiger partial charge < -0.3 is 9.47 Å². The van der Waals surface area contributed by atoms with Gasteiger partial charge in [-0.1, -0.05) is 42.5 Å². The summed E-state index contributed by atoms with van der Waals surface area (Å²) in [4.78, 5) is 11.6. The first-order valence-corrected chi connectivity index (χ1v) is 7.64. The van der Waals surface area contributed by atoms with Gasteiger partial charge in [0.2, 0.25) is 0 Å². The molecule has 0 aliphatic carbocycles. The molecule has 0 spiro atoms. The average molecular weight is 306 g/mol. The lowest BCUT2D eigenvalue weighted by atomic mass is 10.1. The largest absolute Gasteiger partial charge is 0.489 e. The molecule has 3 nitrogen and oxygen atoms in total. The van der Waals surface area contributed by atoms with E-state index in [9.17, 15) is 4.79 Å². The molecule has 3 aromatic carbocycles. The van der Waals surface area contributed by atoms with Crippen LogP contribution in [-0.4, -0.2) is 12.6 Å². The van der Waals surface area contributed by atoms with Gasteiger partial charge in [0.25, 0.3) is 0 Å². The molecule has 3 heteroatoms. The quantitative estimate of drug-likeness (QED) is 0.646. The fourth-order valence-corrected chi connectivity index (χ4v) is 2.38. The number of esters is 1. The van der Waals surface area contributed by atoms with Crippen molar-refractivity contribution in [3.05, 3.63) is 77.9 Å². The minimum absolute atomic E-state index is 0.297. The third kappa shape index (κ3) is 3.69. The number of hydrogen-bond donors (Lipinski definition) is 0. The minimum atomic E-state index is -0.297. The summed E-state index contributed by atoms with van der Waals surface area (Å²) in [5.74, 6) is 0.535. The van der Waals surface area contributed by atoms with Crippen LogP contribution in [0.25, 0.3) is 10.8 Å². The standard InChI is InChI=1S/C20H18O3/c1-2-22-20(21)17-9-7-15(8-10-17)14-23-19-12-11-16-5-3-4-6-18(16)13-19/h3-13H,2,14H2,1H3. The van der Waals surface area contributed by atoms with E-state index in [-0.39, 0.29) is 5.97 Å². The third-order valence-electron chi connectivity index (χ3n) is 3.59. The molecule has 0 N–H and O–H groups in total. The Labute approximate surface area is 135 Å². The van der Waals surface area contributed by atoms with Crippen LogP contribution >= 0.6 is 0 Å². The van der Waals surface area contributed by atoms with Crippen LogP contribution in [0.4, 0.5) is 0 Å². The lowest BCUT2D eigenvalue weighted by molar-refractivity contribution is 0.0526. The Morgan fingerprint density at radius 1 is 0.913 bits per heavy atom. The van der Waals surface area contributed by atoms with Crippen LogP contribution in [0.5, 0.6) is 5.75 Å². The van der Waals surface area contributed by atoms with Crippen molar-refractivity contribution in [2.24, 2.45) is 0 Å². The molecule has 0 aliphatic rings. The highest BCUT2D eigenvalue weighted by Crippen LogP contribution is 2.21. The molecule has 0 atom stereocenters. The van der Waals surface area contributed by atoms with Crippen molar-refractivity contribution >= 4 is 16.7 Å². The topological polar surface area (TPSA) is 35.5 Å². The number of ether oxygens (including phenoxy) is 2. The Balaban J connectivity index is 1.66. The summed E-state index contributed by atoms with van der Waals surface area (Å²) in [5.41, 5.74) is 1.56. The van der Waals surface area contributed by atoms with E-state index in [1.165, 1.54) is 5.39 Å². The second-order valence-electron chi connectivity index (χ2n) is 5.22. The fourth-order valence-electron chi connectivity index (χ4n) is 2.38. The van der Waals surface area contributed by atoms with Crippen molar-refractivity contribution in [2.45, 2.75) is 13.5 Å². The first-order chi connectivity index (χ1) is 11.3. The molecule has 3 rings (SSSR count). The van der Waals surface area contributed by atoms with Crippen molar-refractivity contribution in [3.63, 3.8) is 0 Å². The maximum Gasteiger partial charge on any atom is 0.338 e. The van der Waals surface area contributed by atoms with E-state index in [0.717, 1.165) is 16.7 Å². The van der Waals surface area contributed by atoms with E-state index in [2.05, 4.69) is 18.2 Å². The Hall–Kier alpha value is -2.81. The van der Waals surface area contributed by atoms with Gasteiger partial charge >= 0.3 is 5.97 Å². The van der Waals surface area contributed by atoms with Crippen LogP contribution in [-0.2, 0) is 11.3 Å². The first-order valence-electron chi connectivity index (χ1n) is 7.64. The van der Waals surface area contributed by atoms with Crippen LogP contribution in [0, 0.1) is 0 Å². The summed E-state index contributed by atoms with van der Waals surface area (Å²) in [6.45, 7) is 2.64. The maximum absolute atomic E-state index is 11.6. The van der Waals surface area contributed by atoms with Crippen molar-refractivity contribution in [3.8, 4) is 5.75 Å². The van der Waals surface area contributed by atoms with Gasteiger partial charge in [-0.05, 0) is 47.5 Å². The van der Waals surface area contributed by atoms with Gasteiger partial charge in [0.15, 0.2) is 0 Å². The molecule has 0 unspecified atom stereocenters. The molecule has 0 aromatic heterocycles. The molecule has 0 fully saturated rings. The molecule has 0 aliphatic heterocycles. The van der Waals surface area contributed by atoms with Gasteiger partial charge in [-0.3, -0.25) is 0 Å². The number of carbonyl (C=O) groups is 1. The molecule has 116 valence electrons. The van der Waals surface area contributed by atoms with Gasteiger partial charge in [0, 0.05) is 0 Å². The molecular weight excluding hydrogens is 288 g/mol. The third-order valence-corrected chi connectivity index (χ3v) is 3.59. The zero-order valence-corrected chi connectivity index (χ0v) is 13.0. The molecule has 23 heavy (non-hydrogen) atoms. The summed E-state index contributed by atoms with van der Waals surface area (Å²) in [5, 5.41) is 2.35. The molecular formula is C20H18O3. The number of fused-ring (bicyclic) bond motifs is 1. The van der Waals surface area contributed by atoms with Crippen molar-refractivity contribution < 1.29 is 14.3 Å². The fraction of sp³-hybridized carbons (Fsp3) is 0.150. The van der Waals surface area contributed by atoms with Gasteiger partial charge in [-0.2, -0.15) is 0 Å². The highest BCUT2D eigenvalue weighted by molar-refractivity contribution is 5.89. The van der Waals surface area contributed by atoms with Crippen LogP contribution in [0.1, 0.15) is 22.8 Å². The number of hydrogen-bond acceptors (Lipinski definition) is 3. The van der Waals surface area contributed by atoms with Gasteiger partial charge in [-0.25, -0.2) is 4.79 Å². The van der Waals surface area contributed by atoms with E-state index < -0.39 is 0 Å². The van der Waals surface area contributed by atoms with Crippen molar-refractivity contribution in [1.29, 1.82) is 0 Å². The van der Waals surface area contributed by atoms with Gasteiger partial charge in [0.1, 0.15) is 12.4 Å². The Bertz CT molecular complexity index is 806. The summed E-state index contributed by atoms with van der Waals surface area (Å²) < 4.78 is 10.8. The maximum atomic E-state index is 11.6. The predicted octanol–water partition coefficient (Wildman–Crippen LogP) is 4.60. The molecule has 0 radical (unpaired) electrons. The van der Waals surface area contributed by atoms with Gasteiger partial charge in [0.05, 0.1) is 12.2 Å². The van der Waals surface area contributed by atoms with Crippen LogP contribution < -0.4 is 4.74 Å². The summed E-state index contributed by atoms with van der Waals surface area (Å²) in [7, 11) is 0. The number of rotatable bonds is 5. The van der Waals surface area contributed by atoms with E-state index in [4.69, 9.17) is 9.47 Å². The Morgan fingerprint density at radius 2 is 1.65 bits per heavy atom. The Kier molecular flexibility index (Phi) is 4.57. The zero-order chi connectivity index (χ0) is 16.1. The molecule has 0 heterocycles. The summed E-state index contributed by atoms with van der Waals surface area (Å²) >= 11 is 0. The predicted molar refractivity (Wildman–Crippen MR) is 90.7 cm³/mol. The van der Waals surface area contributed by atoms with E-state index in [1.54, 1.807) is 19.1 Å². The number of carbonyl (C=O) groups excluding carboxylic acids is 1. The van der Waals surface area contributed by atoms with Gasteiger partial charge in [-0.15, -0.1) is 0 Å². The SMILES string of the molecule is CCOC(=O)c1ccc(COc2ccc3ccccc3c2)cc1. The van der Waals surface area contributed by atoms with E-state index >= 15 is 0 Å². The zero-order valence-electron chi connectivity index (χ0n) is 13.0. The van der Waals surface area contributed by atoms with E-state index in [1.807, 2.05) is 36.4 Å². The lowest BCUT2D eigenvalue weighted by Crippen LogP contribution is -2.04.